The molecule has 2 nitrogen and oxygen atoms in total. The van der Waals surface area contributed by atoms with Crippen LogP contribution in [0.4, 0.5) is 52.7 Å². The summed E-state index contributed by atoms with van der Waals surface area (Å²) in [5.41, 5.74) is 0. The summed E-state index contributed by atoms with van der Waals surface area (Å²) in [5.74, 6) is -42.0. The first-order valence-corrected chi connectivity index (χ1v) is 6.09. The smallest absolute Gasteiger partial charge is 0.384 e. The van der Waals surface area contributed by atoms with E-state index in [1.807, 2.05) is 0 Å². The van der Waals surface area contributed by atoms with Crippen LogP contribution in [0.25, 0.3) is 0 Å². The minimum absolute atomic E-state index is 0.0374. The molecule has 14 heteroatoms. The van der Waals surface area contributed by atoms with Crippen LogP contribution in [0.2, 0.25) is 0 Å². The van der Waals surface area contributed by atoms with Crippen molar-refractivity contribution < 1.29 is 62.2 Å². The van der Waals surface area contributed by atoms with Gasteiger partial charge in [-0.15, -0.1) is 0 Å². The normalized spacial score (nSPS) is 14.8. The molecule has 0 aromatic heterocycles. The minimum atomic E-state index is -7.63. The average Bonchev–Trinajstić information content (AvgIpc) is 2.49. The Kier molecular flexibility index (Phi) is 6.62. The van der Waals surface area contributed by atoms with E-state index in [4.69, 9.17) is 0 Å². The van der Waals surface area contributed by atoms with Gasteiger partial charge in [-0.25, -0.2) is 0 Å². The Morgan fingerprint density at radius 3 is 0.923 bits per heavy atom. The Labute approximate surface area is 138 Å². The van der Waals surface area contributed by atoms with Gasteiger partial charge in [0.15, 0.2) is 13.2 Å². The first kappa shape index (κ1) is 24.2. The number of hydrogen-bond donors (Lipinski definition) is 0. The molecule has 0 atom stereocenters. The fourth-order valence-corrected chi connectivity index (χ4v) is 1.36. The van der Waals surface area contributed by atoms with Gasteiger partial charge in [0, 0.05) is 0 Å². The fourth-order valence-electron chi connectivity index (χ4n) is 1.36. The highest BCUT2D eigenvalue weighted by atomic mass is 19.4. The van der Waals surface area contributed by atoms with Gasteiger partial charge in [0.2, 0.25) is 0 Å². The predicted molar refractivity (Wildman–Crippen MR) is 62.0 cm³/mol. The molecule has 0 aliphatic rings. The van der Waals surface area contributed by atoms with Gasteiger partial charge in [0.25, 0.3) is 0 Å². The summed E-state index contributed by atoms with van der Waals surface area (Å²) >= 11 is 0. The first-order valence-electron chi connectivity index (χ1n) is 6.09. The molecule has 0 unspecified atom stereocenters. The van der Waals surface area contributed by atoms with Crippen molar-refractivity contribution >= 4 is 0 Å². The largest absolute Gasteiger partial charge is 0.495 e. The molecule has 0 spiro atoms. The van der Waals surface area contributed by atoms with Crippen LogP contribution in [0.5, 0.6) is 0 Å². The quantitative estimate of drug-likeness (QED) is 0.345. The summed E-state index contributed by atoms with van der Waals surface area (Å²) in [5, 5.41) is 0. The number of halogens is 12. The van der Waals surface area contributed by atoms with Gasteiger partial charge in [0.1, 0.15) is 0 Å². The Hall–Kier alpha value is -1.76. The lowest BCUT2D eigenvalue weighted by molar-refractivity contribution is -0.428. The number of hydrogen-bond acceptors (Lipinski definition) is 2. The van der Waals surface area contributed by atoms with Crippen LogP contribution in [0.3, 0.4) is 0 Å². The maximum absolute atomic E-state index is 13.3. The van der Waals surface area contributed by atoms with Crippen molar-refractivity contribution in [1.29, 1.82) is 0 Å². The van der Waals surface area contributed by atoms with Gasteiger partial charge < -0.3 is 9.47 Å². The zero-order chi connectivity index (χ0) is 21.2. The van der Waals surface area contributed by atoms with Crippen molar-refractivity contribution in [2.45, 2.75) is 35.5 Å². The predicted octanol–water partition coefficient (Wildman–Crippen LogP) is 5.12. The van der Waals surface area contributed by atoms with E-state index in [2.05, 4.69) is 22.6 Å². The molecule has 0 saturated heterocycles. The van der Waals surface area contributed by atoms with E-state index in [-0.39, 0.29) is 12.5 Å². The van der Waals surface area contributed by atoms with Crippen LogP contribution < -0.4 is 0 Å². The summed E-state index contributed by atoms with van der Waals surface area (Å²) in [6.07, 6.45) is 0.0747. The topological polar surface area (TPSA) is 18.5 Å². The molecule has 0 aliphatic carbocycles. The van der Waals surface area contributed by atoms with Crippen LogP contribution in [0.15, 0.2) is 25.7 Å². The third-order valence-corrected chi connectivity index (χ3v) is 2.87. The summed E-state index contributed by atoms with van der Waals surface area (Å²) in [4.78, 5) is 0. The second-order valence-electron chi connectivity index (χ2n) is 4.66. The van der Waals surface area contributed by atoms with E-state index in [1.54, 1.807) is 0 Å². The molecule has 0 fully saturated rings. The molecule has 0 saturated carbocycles. The molecule has 0 bridgehead atoms. The van der Waals surface area contributed by atoms with Crippen molar-refractivity contribution in [2.24, 2.45) is 0 Å². The van der Waals surface area contributed by atoms with Crippen molar-refractivity contribution in [1.82, 2.24) is 0 Å². The van der Waals surface area contributed by atoms with Crippen molar-refractivity contribution in [2.75, 3.05) is 13.2 Å². The van der Waals surface area contributed by atoms with E-state index < -0.39 is 48.7 Å². The highest BCUT2D eigenvalue weighted by Gasteiger charge is 2.90. The second-order valence-corrected chi connectivity index (χ2v) is 4.66. The van der Waals surface area contributed by atoms with Crippen LogP contribution in [0, 0.1) is 0 Å². The lowest BCUT2D eigenvalue weighted by Crippen LogP contribution is -2.71. The summed E-state index contributed by atoms with van der Waals surface area (Å²) in [7, 11) is 0. The van der Waals surface area contributed by atoms with Crippen molar-refractivity contribution in [3.63, 3.8) is 0 Å². The average molecular weight is 414 g/mol. The van der Waals surface area contributed by atoms with Crippen molar-refractivity contribution in [3.05, 3.63) is 25.7 Å². The molecule has 154 valence electrons. The molecule has 0 N–H and O–H groups in total. The molecule has 0 amide bonds. The van der Waals surface area contributed by atoms with Crippen LogP contribution in [-0.4, -0.2) is 48.7 Å². The monoisotopic (exact) mass is 414 g/mol. The van der Waals surface area contributed by atoms with Gasteiger partial charge in [-0.2, -0.15) is 52.7 Å². The maximum Gasteiger partial charge on any atom is 0.384 e. The van der Waals surface area contributed by atoms with Crippen LogP contribution in [-0.2, 0) is 9.47 Å². The molecule has 0 radical (unpaired) electrons. The third-order valence-electron chi connectivity index (χ3n) is 2.87. The Morgan fingerprint density at radius 1 is 0.500 bits per heavy atom. The SMILES string of the molecule is C=COCC(F)(F)C(F)(F)C(F)(F)C(F)(F)C(F)(F)C(F)(F)COC=C. The Bertz CT molecular complexity index is 468. The van der Waals surface area contributed by atoms with Gasteiger partial charge >= 0.3 is 35.5 Å². The zero-order valence-corrected chi connectivity index (χ0v) is 12.3. The Balaban J connectivity index is 6.13. The van der Waals surface area contributed by atoms with Gasteiger partial charge in [-0.3, -0.25) is 0 Å². The molecule has 0 heterocycles. The zero-order valence-electron chi connectivity index (χ0n) is 12.3. The van der Waals surface area contributed by atoms with Gasteiger partial charge in [0.05, 0.1) is 12.5 Å². The minimum Gasteiger partial charge on any atom is -0.495 e. The lowest BCUT2D eigenvalue weighted by Gasteiger charge is -2.40. The molecule has 0 aromatic carbocycles. The van der Waals surface area contributed by atoms with Crippen LogP contribution in [0.1, 0.15) is 0 Å². The Morgan fingerprint density at radius 2 is 0.731 bits per heavy atom. The first-order chi connectivity index (χ1) is 11.4. The van der Waals surface area contributed by atoms with E-state index in [9.17, 15) is 52.7 Å². The standard InChI is InChI=1S/C12H10F12O2/c1-3-25-5-7(13,14)9(17,18)11(21,22)12(23,24)10(19,20)8(15,16)6-26-4-2/h3-4H,1-2,5-6H2. The molecule has 26 heavy (non-hydrogen) atoms. The molecule has 0 aliphatic heterocycles. The number of ether oxygens (including phenoxy) is 2. The van der Waals surface area contributed by atoms with E-state index in [0.29, 0.717) is 0 Å². The third kappa shape index (κ3) is 3.54. The van der Waals surface area contributed by atoms with E-state index in [0.717, 1.165) is 0 Å². The molecule has 0 aromatic rings. The van der Waals surface area contributed by atoms with Gasteiger partial charge in [-0.05, 0) is 0 Å². The highest BCUT2D eigenvalue weighted by molar-refractivity contribution is 5.11. The number of alkyl halides is 12. The van der Waals surface area contributed by atoms with E-state index >= 15 is 0 Å². The summed E-state index contributed by atoms with van der Waals surface area (Å²) in [6, 6.07) is 0. The summed E-state index contributed by atoms with van der Waals surface area (Å²) < 4.78 is 166. The molecular weight excluding hydrogens is 404 g/mol. The maximum atomic E-state index is 13.3. The summed E-state index contributed by atoms with van der Waals surface area (Å²) in [6.45, 7) is -0.181. The van der Waals surface area contributed by atoms with Gasteiger partial charge in [-0.1, -0.05) is 13.2 Å². The molecule has 0 rings (SSSR count). The van der Waals surface area contributed by atoms with Crippen molar-refractivity contribution in [3.8, 4) is 0 Å². The number of rotatable bonds is 11. The second kappa shape index (κ2) is 7.10. The fraction of sp³-hybridized carbons (Fsp3) is 0.667. The van der Waals surface area contributed by atoms with Crippen LogP contribution >= 0.6 is 0 Å². The molecular formula is C12H10F12O2. The highest BCUT2D eigenvalue weighted by Crippen LogP contribution is 2.60. The van der Waals surface area contributed by atoms with E-state index in [1.165, 1.54) is 0 Å². The lowest BCUT2D eigenvalue weighted by atomic mass is 9.91.